The fraction of sp³-hybridized carbons (Fsp3) is 0.889. The second-order valence-corrected chi connectivity index (χ2v) is 9.03. The summed E-state index contributed by atoms with van der Waals surface area (Å²) in [6.07, 6.45) is 9.00. The predicted octanol–water partition coefficient (Wildman–Crippen LogP) is 3.75. The lowest BCUT2D eigenvalue weighted by atomic mass is 9.40. The molecule has 0 radical (unpaired) electrons. The molecule has 0 aliphatic heterocycles. The van der Waals surface area contributed by atoms with Crippen LogP contribution in [0, 0.1) is 33.5 Å². The van der Waals surface area contributed by atoms with Gasteiger partial charge in [0.15, 0.2) is 0 Å². The van der Waals surface area contributed by atoms with Crippen molar-refractivity contribution in [3.8, 4) is 6.07 Å². The van der Waals surface area contributed by atoms with Crippen molar-refractivity contribution in [1.29, 1.82) is 5.26 Å². The normalized spacial score (nSPS) is 43.6. The quantitative estimate of drug-likeness (QED) is 0.791. The number of nitriles is 1. The van der Waals surface area contributed by atoms with Crippen molar-refractivity contribution in [2.24, 2.45) is 22.2 Å². The molecule has 3 nitrogen and oxygen atoms in total. The monoisotopic (exact) mass is 288 g/mol. The lowest BCUT2D eigenvalue weighted by Gasteiger charge is -2.65. The van der Waals surface area contributed by atoms with Gasteiger partial charge in [-0.15, -0.1) is 0 Å². The SMILES string of the molecule is CN(CCC#N)C(=O)CC12CC3CC(C)(CC(C)(C3)C1)C2. The van der Waals surface area contributed by atoms with Crippen LogP contribution in [0.4, 0.5) is 0 Å². The first-order chi connectivity index (χ1) is 9.77. The third kappa shape index (κ3) is 2.70. The van der Waals surface area contributed by atoms with Crippen molar-refractivity contribution in [1.82, 2.24) is 4.90 Å². The molecule has 21 heavy (non-hydrogen) atoms. The molecule has 4 bridgehead atoms. The molecule has 1 amide bonds. The Hall–Kier alpha value is -1.04. The van der Waals surface area contributed by atoms with Crippen LogP contribution >= 0.6 is 0 Å². The van der Waals surface area contributed by atoms with Crippen LogP contribution in [0.5, 0.6) is 0 Å². The second-order valence-electron chi connectivity index (χ2n) is 9.03. The van der Waals surface area contributed by atoms with Crippen molar-refractivity contribution in [3.63, 3.8) is 0 Å². The van der Waals surface area contributed by atoms with E-state index >= 15 is 0 Å². The smallest absolute Gasteiger partial charge is 0.222 e. The molecule has 0 heterocycles. The Labute approximate surface area is 128 Å². The van der Waals surface area contributed by atoms with E-state index in [1.165, 1.54) is 38.5 Å². The van der Waals surface area contributed by atoms with E-state index in [0.717, 1.165) is 5.92 Å². The van der Waals surface area contributed by atoms with E-state index in [1.54, 1.807) is 4.90 Å². The summed E-state index contributed by atoms with van der Waals surface area (Å²) in [5, 5.41) is 8.68. The Bertz CT molecular complexity index is 474. The number of carbonyl (C=O) groups excluding carboxylic acids is 1. The lowest BCUT2D eigenvalue weighted by Crippen LogP contribution is -2.56. The Kier molecular flexibility index (Phi) is 3.35. The minimum atomic E-state index is 0.249. The molecular weight excluding hydrogens is 260 g/mol. The van der Waals surface area contributed by atoms with Crippen LogP contribution in [0.25, 0.3) is 0 Å². The minimum absolute atomic E-state index is 0.249. The maximum Gasteiger partial charge on any atom is 0.222 e. The van der Waals surface area contributed by atoms with Crippen LogP contribution in [0.15, 0.2) is 0 Å². The van der Waals surface area contributed by atoms with E-state index in [9.17, 15) is 4.79 Å². The lowest BCUT2D eigenvalue weighted by molar-refractivity contribution is -0.160. The molecule has 2 atom stereocenters. The van der Waals surface area contributed by atoms with Crippen LogP contribution in [0.3, 0.4) is 0 Å². The van der Waals surface area contributed by atoms with E-state index in [1.807, 2.05) is 7.05 Å². The highest BCUT2D eigenvalue weighted by atomic mass is 16.2. The molecular formula is C18H28N2O. The van der Waals surface area contributed by atoms with Gasteiger partial charge in [0, 0.05) is 20.0 Å². The Morgan fingerprint density at radius 3 is 2.33 bits per heavy atom. The number of carbonyl (C=O) groups is 1. The number of rotatable bonds is 4. The third-order valence-electron chi connectivity index (χ3n) is 6.25. The standard InChI is InChI=1S/C18H28N2O/c1-16-7-14-8-17(2,11-16)13-18(9-14,12-16)10-15(21)20(3)6-4-5-19/h14H,4,6-13H2,1-3H3. The first-order valence-electron chi connectivity index (χ1n) is 8.38. The minimum Gasteiger partial charge on any atom is -0.345 e. The van der Waals surface area contributed by atoms with Crippen molar-refractivity contribution >= 4 is 5.91 Å². The van der Waals surface area contributed by atoms with Crippen LogP contribution in [-0.4, -0.2) is 24.4 Å². The van der Waals surface area contributed by atoms with Crippen molar-refractivity contribution in [3.05, 3.63) is 0 Å². The van der Waals surface area contributed by atoms with Gasteiger partial charge in [0.2, 0.25) is 5.91 Å². The highest BCUT2D eigenvalue weighted by Crippen LogP contribution is 2.70. The summed E-state index contributed by atoms with van der Waals surface area (Å²) in [6.45, 7) is 5.48. The molecule has 0 aromatic rings. The van der Waals surface area contributed by atoms with E-state index < -0.39 is 0 Å². The van der Waals surface area contributed by atoms with Gasteiger partial charge in [0.1, 0.15) is 0 Å². The van der Waals surface area contributed by atoms with Crippen LogP contribution in [0.2, 0.25) is 0 Å². The third-order valence-corrected chi connectivity index (χ3v) is 6.25. The molecule has 4 rings (SSSR count). The van der Waals surface area contributed by atoms with Gasteiger partial charge in [0.05, 0.1) is 12.5 Å². The molecule has 0 saturated heterocycles. The molecule has 0 N–H and O–H groups in total. The number of nitrogens with zero attached hydrogens (tertiary/aromatic N) is 2. The van der Waals surface area contributed by atoms with Gasteiger partial charge in [-0.05, 0) is 60.7 Å². The van der Waals surface area contributed by atoms with Crippen molar-refractivity contribution in [2.45, 2.75) is 65.2 Å². The fourth-order valence-corrected chi connectivity index (χ4v) is 6.68. The summed E-state index contributed by atoms with van der Waals surface area (Å²) in [7, 11) is 1.85. The van der Waals surface area contributed by atoms with Crippen molar-refractivity contribution < 1.29 is 4.79 Å². The Morgan fingerprint density at radius 2 is 1.81 bits per heavy atom. The van der Waals surface area contributed by atoms with Gasteiger partial charge in [-0.2, -0.15) is 5.26 Å². The number of hydrogen-bond acceptors (Lipinski definition) is 2. The summed E-state index contributed by atoms with van der Waals surface area (Å²) in [5.74, 6) is 1.09. The molecule has 2 unspecified atom stereocenters. The van der Waals surface area contributed by atoms with E-state index in [4.69, 9.17) is 5.26 Å². The first-order valence-corrected chi connectivity index (χ1v) is 8.38. The Balaban J connectivity index is 1.73. The summed E-state index contributed by atoms with van der Waals surface area (Å²) in [4.78, 5) is 14.3. The second kappa shape index (κ2) is 4.73. The first kappa shape index (κ1) is 14.9. The number of amides is 1. The molecule has 0 aromatic carbocycles. The van der Waals surface area contributed by atoms with Gasteiger partial charge in [-0.1, -0.05) is 13.8 Å². The maximum absolute atomic E-state index is 12.6. The predicted molar refractivity (Wildman–Crippen MR) is 82.3 cm³/mol. The summed E-state index contributed by atoms with van der Waals surface area (Å²) < 4.78 is 0. The zero-order valence-electron chi connectivity index (χ0n) is 13.7. The van der Waals surface area contributed by atoms with Crippen LogP contribution in [-0.2, 0) is 4.79 Å². The largest absolute Gasteiger partial charge is 0.345 e. The highest BCUT2D eigenvalue weighted by molar-refractivity contribution is 5.76. The van der Waals surface area contributed by atoms with Gasteiger partial charge in [0.25, 0.3) is 0 Å². The summed E-state index contributed by atoms with van der Waals surface area (Å²) in [6, 6.07) is 2.13. The fourth-order valence-electron chi connectivity index (χ4n) is 6.68. The van der Waals surface area contributed by atoms with E-state index in [-0.39, 0.29) is 11.3 Å². The zero-order chi connectivity index (χ0) is 15.3. The van der Waals surface area contributed by atoms with Crippen LogP contribution in [0.1, 0.15) is 65.2 Å². The molecule has 116 valence electrons. The molecule has 4 fully saturated rings. The van der Waals surface area contributed by atoms with Gasteiger partial charge >= 0.3 is 0 Å². The van der Waals surface area contributed by atoms with E-state index in [0.29, 0.717) is 30.2 Å². The van der Waals surface area contributed by atoms with Gasteiger partial charge < -0.3 is 4.90 Å². The van der Waals surface area contributed by atoms with Gasteiger partial charge in [-0.3, -0.25) is 4.79 Å². The van der Waals surface area contributed by atoms with Crippen LogP contribution < -0.4 is 0 Å². The zero-order valence-corrected chi connectivity index (χ0v) is 13.7. The average molecular weight is 288 g/mol. The summed E-state index contributed by atoms with van der Waals surface area (Å²) in [5.41, 5.74) is 1.19. The molecule has 0 spiro atoms. The average Bonchev–Trinajstić information content (AvgIpc) is 2.30. The highest BCUT2D eigenvalue weighted by Gasteiger charge is 2.60. The van der Waals surface area contributed by atoms with Crippen molar-refractivity contribution in [2.75, 3.05) is 13.6 Å². The number of hydrogen-bond donors (Lipinski definition) is 0. The van der Waals surface area contributed by atoms with E-state index in [2.05, 4.69) is 19.9 Å². The maximum atomic E-state index is 12.6. The molecule has 4 aliphatic rings. The molecule has 0 aromatic heterocycles. The Morgan fingerprint density at radius 1 is 1.19 bits per heavy atom. The molecule has 3 heteroatoms. The topological polar surface area (TPSA) is 44.1 Å². The molecule has 4 saturated carbocycles. The summed E-state index contributed by atoms with van der Waals surface area (Å²) >= 11 is 0. The molecule has 4 aliphatic carbocycles. The van der Waals surface area contributed by atoms with Gasteiger partial charge in [-0.25, -0.2) is 0 Å².